The molecular weight excluding hydrogens is 247 g/mol. The molecule has 2 heterocycles. The van der Waals surface area contributed by atoms with E-state index in [4.69, 9.17) is 0 Å². The monoisotopic (exact) mass is 260 g/mol. The van der Waals surface area contributed by atoms with Gasteiger partial charge >= 0.3 is 0 Å². The van der Waals surface area contributed by atoms with Gasteiger partial charge in [0, 0.05) is 32.2 Å². The first-order valence-corrected chi connectivity index (χ1v) is 5.71. The van der Waals surface area contributed by atoms with Crippen LogP contribution in [0.5, 0.6) is 0 Å². The number of anilines is 1. The summed E-state index contributed by atoms with van der Waals surface area (Å²) in [6.07, 6.45) is 4.67. The van der Waals surface area contributed by atoms with E-state index in [-0.39, 0.29) is 11.4 Å². The van der Waals surface area contributed by atoms with Crippen LogP contribution in [-0.4, -0.2) is 22.9 Å². The highest BCUT2D eigenvalue weighted by Crippen LogP contribution is 2.14. The number of hydrogen-bond acceptors (Lipinski definition) is 4. The third-order valence-electron chi connectivity index (χ3n) is 2.55. The van der Waals surface area contributed by atoms with E-state index in [0.717, 1.165) is 5.56 Å². The summed E-state index contributed by atoms with van der Waals surface area (Å²) >= 11 is 0. The lowest BCUT2D eigenvalue weighted by atomic mass is 10.2. The minimum absolute atomic E-state index is 0.0387. The molecule has 0 radical (unpaired) electrons. The highest BCUT2D eigenvalue weighted by molar-refractivity contribution is 5.95. The van der Waals surface area contributed by atoms with E-state index < -0.39 is 11.7 Å². The molecule has 0 aliphatic rings. The molecular formula is C13H13FN4O. The lowest BCUT2D eigenvalue weighted by Crippen LogP contribution is -2.24. The minimum atomic E-state index is -0.659. The van der Waals surface area contributed by atoms with Gasteiger partial charge in [0.2, 0.25) is 0 Å². The van der Waals surface area contributed by atoms with Crippen molar-refractivity contribution in [1.82, 2.24) is 15.3 Å². The van der Waals surface area contributed by atoms with Crippen LogP contribution in [0.2, 0.25) is 0 Å². The number of halogens is 1. The van der Waals surface area contributed by atoms with Gasteiger partial charge in [-0.25, -0.2) is 9.37 Å². The second-order valence-electron chi connectivity index (χ2n) is 3.82. The van der Waals surface area contributed by atoms with Crippen molar-refractivity contribution in [3.8, 4) is 0 Å². The molecule has 0 aliphatic carbocycles. The fraction of sp³-hybridized carbons (Fsp3) is 0.154. The van der Waals surface area contributed by atoms with Crippen molar-refractivity contribution in [3.63, 3.8) is 0 Å². The van der Waals surface area contributed by atoms with E-state index in [1.165, 1.54) is 12.3 Å². The van der Waals surface area contributed by atoms with Crippen LogP contribution in [0.25, 0.3) is 0 Å². The normalized spacial score (nSPS) is 10.0. The lowest BCUT2D eigenvalue weighted by molar-refractivity contribution is 0.0947. The summed E-state index contributed by atoms with van der Waals surface area (Å²) < 4.78 is 13.9. The van der Waals surface area contributed by atoms with Crippen LogP contribution in [-0.2, 0) is 6.54 Å². The fourth-order valence-electron chi connectivity index (χ4n) is 1.57. The number of rotatable bonds is 4. The SMILES string of the molecule is CNc1nccc(C(=O)NCc2cccnc2)c1F. The summed E-state index contributed by atoms with van der Waals surface area (Å²) in [6.45, 7) is 0.295. The predicted molar refractivity (Wildman–Crippen MR) is 69.1 cm³/mol. The number of carbonyl (C=O) groups is 1. The van der Waals surface area contributed by atoms with Gasteiger partial charge in [-0.3, -0.25) is 9.78 Å². The van der Waals surface area contributed by atoms with Crippen LogP contribution in [0, 0.1) is 5.82 Å². The first-order valence-electron chi connectivity index (χ1n) is 5.71. The van der Waals surface area contributed by atoms with Crippen LogP contribution in [0.4, 0.5) is 10.2 Å². The maximum Gasteiger partial charge on any atom is 0.254 e. The average Bonchev–Trinajstić information content (AvgIpc) is 2.46. The minimum Gasteiger partial charge on any atom is -0.371 e. The van der Waals surface area contributed by atoms with E-state index in [9.17, 15) is 9.18 Å². The molecule has 0 saturated carbocycles. The Labute approximate surface area is 109 Å². The molecule has 2 aromatic heterocycles. The molecule has 0 unspecified atom stereocenters. The van der Waals surface area contributed by atoms with Crippen molar-refractivity contribution in [1.29, 1.82) is 0 Å². The standard InChI is InChI=1S/C13H13FN4O/c1-15-12-11(14)10(4-6-17-12)13(19)18-8-9-3-2-5-16-7-9/h2-7H,8H2,1H3,(H,15,17)(H,18,19). The van der Waals surface area contributed by atoms with Gasteiger partial charge in [-0.05, 0) is 17.7 Å². The Morgan fingerprint density at radius 1 is 1.37 bits per heavy atom. The average molecular weight is 260 g/mol. The van der Waals surface area contributed by atoms with Crippen LogP contribution in [0.1, 0.15) is 15.9 Å². The highest BCUT2D eigenvalue weighted by atomic mass is 19.1. The molecule has 19 heavy (non-hydrogen) atoms. The molecule has 0 fully saturated rings. The zero-order valence-electron chi connectivity index (χ0n) is 10.4. The zero-order chi connectivity index (χ0) is 13.7. The van der Waals surface area contributed by atoms with E-state index in [0.29, 0.717) is 6.54 Å². The first-order chi connectivity index (χ1) is 9.22. The summed E-state index contributed by atoms with van der Waals surface area (Å²) in [5.74, 6) is -1.09. The molecule has 0 atom stereocenters. The third-order valence-corrected chi connectivity index (χ3v) is 2.55. The Morgan fingerprint density at radius 2 is 2.21 bits per heavy atom. The molecule has 6 heteroatoms. The number of hydrogen-bond donors (Lipinski definition) is 2. The van der Waals surface area contributed by atoms with Gasteiger partial charge in [0.1, 0.15) is 0 Å². The van der Waals surface area contributed by atoms with Crippen LogP contribution in [0.15, 0.2) is 36.8 Å². The molecule has 0 bridgehead atoms. The molecule has 2 aromatic rings. The van der Waals surface area contributed by atoms with Gasteiger partial charge in [0.15, 0.2) is 11.6 Å². The van der Waals surface area contributed by atoms with E-state index in [2.05, 4.69) is 20.6 Å². The van der Waals surface area contributed by atoms with Gasteiger partial charge in [-0.15, -0.1) is 0 Å². The summed E-state index contributed by atoms with van der Waals surface area (Å²) in [7, 11) is 1.54. The molecule has 0 spiro atoms. The largest absolute Gasteiger partial charge is 0.371 e. The van der Waals surface area contributed by atoms with Gasteiger partial charge in [-0.1, -0.05) is 6.07 Å². The van der Waals surface area contributed by atoms with Crippen LogP contribution < -0.4 is 10.6 Å². The predicted octanol–water partition coefficient (Wildman–Crippen LogP) is 1.59. The third kappa shape index (κ3) is 3.04. The first kappa shape index (κ1) is 12.9. The van der Waals surface area contributed by atoms with Crippen LogP contribution in [0.3, 0.4) is 0 Å². The van der Waals surface area contributed by atoms with Crippen molar-refractivity contribution >= 4 is 11.7 Å². The number of carbonyl (C=O) groups excluding carboxylic acids is 1. The second kappa shape index (κ2) is 5.90. The van der Waals surface area contributed by atoms with E-state index in [1.54, 1.807) is 25.5 Å². The van der Waals surface area contributed by atoms with Crippen LogP contribution >= 0.6 is 0 Å². The summed E-state index contributed by atoms with van der Waals surface area (Å²) in [5, 5.41) is 5.22. The number of nitrogens with one attached hydrogen (secondary N) is 2. The van der Waals surface area contributed by atoms with Crippen molar-refractivity contribution in [2.75, 3.05) is 12.4 Å². The Morgan fingerprint density at radius 3 is 2.89 bits per heavy atom. The summed E-state index contributed by atoms with van der Waals surface area (Å²) in [5.41, 5.74) is 0.808. The molecule has 1 amide bonds. The summed E-state index contributed by atoms with van der Waals surface area (Å²) in [6, 6.07) is 4.94. The molecule has 98 valence electrons. The Balaban J connectivity index is 2.08. The Hall–Kier alpha value is -2.50. The van der Waals surface area contributed by atoms with Crippen molar-refractivity contribution in [2.24, 2.45) is 0 Å². The molecule has 0 saturated heterocycles. The van der Waals surface area contributed by atoms with Crippen molar-refractivity contribution < 1.29 is 9.18 Å². The molecule has 2 rings (SSSR count). The van der Waals surface area contributed by atoms with Crippen molar-refractivity contribution in [3.05, 3.63) is 53.7 Å². The topological polar surface area (TPSA) is 66.9 Å². The zero-order valence-corrected chi connectivity index (χ0v) is 10.4. The number of nitrogens with zero attached hydrogens (tertiary/aromatic N) is 2. The molecule has 0 aliphatic heterocycles. The highest BCUT2D eigenvalue weighted by Gasteiger charge is 2.14. The van der Waals surface area contributed by atoms with Gasteiger partial charge in [0.05, 0.1) is 5.56 Å². The number of amides is 1. The quantitative estimate of drug-likeness (QED) is 0.876. The van der Waals surface area contributed by atoms with Crippen molar-refractivity contribution in [2.45, 2.75) is 6.54 Å². The Bertz CT molecular complexity index is 574. The summed E-state index contributed by atoms with van der Waals surface area (Å²) in [4.78, 5) is 19.6. The maximum absolute atomic E-state index is 13.9. The number of aromatic nitrogens is 2. The maximum atomic E-state index is 13.9. The fourth-order valence-corrected chi connectivity index (χ4v) is 1.57. The Kier molecular flexibility index (Phi) is 4.02. The molecule has 2 N–H and O–H groups in total. The van der Waals surface area contributed by atoms with E-state index >= 15 is 0 Å². The molecule has 5 nitrogen and oxygen atoms in total. The van der Waals surface area contributed by atoms with Gasteiger partial charge in [-0.2, -0.15) is 0 Å². The second-order valence-corrected chi connectivity index (χ2v) is 3.82. The number of pyridine rings is 2. The smallest absolute Gasteiger partial charge is 0.254 e. The molecule has 0 aromatic carbocycles. The van der Waals surface area contributed by atoms with Gasteiger partial charge in [0.25, 0.3) is 5.91 Å². The van der Waals surface area contributed by atoms with E-state index in [1.807, 2.05) is 6.07 Å². The van der Waals surface area contributed by atoms with Gasteiger partial charge < -0.3 is 10.6 Å². The lowest BCUT2D eigenvalue weighted by Gasteiger charge is -2.08.